The van der Waals surface area contributed by atoms with Gasteiger partial charge in [-0.3, -0.25) is 0 Å². The van der Waals surface area contributed by atoms with Gasteiger partial charge in [0.15, 0.2) is 0 Å². The summed E-state index contributed by atoms with van der Waals surface area (Å²) < 4.78 is 0. The molecule has 1 fully saturated rings. The molecule has 1 nitrogen and oxygen atoms in total. The minimum atomic E-state index is 0.773. The zero-order chi connectivity index (χ0) is 9.10. The van der Waals surface area contributed by atoms with E-state index >= 15 is 0 Å². The van der Waals surface area contributed by atoms with Gasteiger partial charge in [-0.15, -0.1) is 0 Å². The van der Waals surface area contributed by atoms with Crippen LogP contribution in [0.4, 0.5) is 0 Å². The van der Waals surface area contributed by atoms with Gasteiger partial charge in [-0.25, -0.2) is 0 Å². The highest BCUT2D eigenvalue weighted by molar-refractivity contribution is 7.07. The van der Waals surface area contributed by atoms with Crippen LogP contribution in [0.1, 0.15) is 31.7 Å². The smallest absolute Gasteiger partial charge is 0.0216 e. The fraction of sp³-hybridized carbons (Fsp3) is 0.636. The highest BCUT2D eigenvalue weighted by Gasteiger charge is 2.20. The van der Waals surface area contributed by atoms with E-state index in [1.54, 1.807) is 11.3 Å². The third kappa shape index (κ3) is 2.55. The van der Waals surface area contributed by atoms with E-state index < -0.39 is 0 Å². The first-order chi connectivity index (χ1) is 6.34. The molecule has 2 unspecified atom stereocenters. The van der Waals surface area contributed by atoms with Gasteiger partial charge in [0.25, 0.3) is 0 Å². The molecule has 2 atom stereocenters. The largest absolute Gasteiger partial charge is 0.310 e. The molecule has 0 aromatic carbocycles. The highest BCUT2D eigenvalue weighted by atomic mass is 32.1. The first kappa shape index (κ1) is 9.22. The molecule has 1 saturated carbocycles. The standard InChI is InChI=1S/C11H17NS/c1-9-2-3-11(6-9)12-7-10-4-5-13-8-10/h4-5,8-9,11-12H,2-3,6-7H2,1H3. The van der Waals surface area contributed by atoms with Gasteiger partial charge in [0.1, 0.15) is 0 Å². The van der Waals surface area contributed by atoms with Crippen LogP contribution in [0.15, 0.2) is 16.8 Å². The Balaban J connectivity index is 1.74. The van der Waals surface area contributed by atoms with Crippen LogP contribution in [0.2, 0.25) is 0 Å². The van der Waals surface area contributed by atoms with E-state index in [-0.39, 0.29) is 0 Å². The Hall–Kier alpha value is -0.340. The van der Waals surface area contributed by atoms with Gasteiger partial charge < -0.3 is 5.32 Å². The first-order valence-corrected chi connectivity index (χ1v) is 6.03. The predicted octanol–water partition coefficient (Wildman–Crippen LogP) is 3.03. The van der Waals surface area contributed by atoms with Gasteiger partial charge in [-0.2, -0.15) is 11.3 Å². The van der Waals surface area contributed by atoms with Crippen LogP contribution in [-0.2, 0) is 6.54 Å². The Labute approximate surface area is 84.2 Å². The number of nitrogens with one attached hydrogen (secondary N) is 1. The topological polar surface area (TPSA) is 12.0 Å². The zero-order valence-electron chi connectivity index (χ0n) is 8.12. The first-order valence-electron chi connectivity index (χ1n) is 5.09. The molecule has 1 N–H and O–H groups in total. The van der Waals surface area contributed by atoms with Gasteiger partial charge in [0.2, 0.25) is 0 Å². The molecule has 0 aliphatic heterocycles. The summed E-state index contributed by atoms with van der Waals surface area (Å²) >= 11 is 1.78. The molecule has 1 heterocycles. The summed E-state index contributed by atoms with van der Waals surface area (Å²) in [6.07, 6.45) is 4.14. The molecule has 72 valence electrons. The molecular weight excluding hydrogens is 178 g/mol. The van der Waals surface area contributed by atoms with E-state index in [0.29, 0.717) is 0 Å². The van der Waals surface area contributed by atoms with Crippen molar-refractivity contribution in [3.05, 3.63) is 22.4 Å². The maximum absolute atomic E-state index is 3.62. The van der Waals surface area contributed by atoms with E-state index in [2.05, 4.69) is 29.1 Å². The average Bonchev–Trinajstić information content (AvgIpc) is 2.71. The average molecular weight is 195 g/mol. The quantitative estimate of drug-likeness (QED) is 0.781. The second-order valence-electron chi connectivity index (χ2n) is 4.13. The second kappa shape index (κ2) is 4.25. The second-order valence-corrected chi connectivity index (χ2v) is 4.91. The summed E-state index contributed by atoms with van der Waals surface area (Å²) in [6.45, 7) is 3.41. The molecule has 2 heteroatoms. The molecule has 0 saturated heterocycles. The van der Waals surface area contributed by atoms with Crippen LogP contribution in [0.25, 0.3) is 0 Å². The molecule has 0 amide bonds. The van der Waals surface area contributed by atoms with Crippen molar-refractivity contribution < 1.29 is 0 Å². The van der Waals surface area contributed by atoms with E-state index in [1.807, 2.05) is 0 Å². The lowest BCUT2D eigenvalue weighted by Crippen LogP contribution is -2.25. The normalized spacial score (nSPS) is 28.1. The molecule has 0 bridgehead atoms. The van der Waals surface area contributed by atoms with Gasteiger partial charge in [-0.05, 0) is 47.6 Å². The minimum absolute atomic E-state index is 0.773. The fourth-order valence-electron chi connectivity index (χ4n) is 2.05. The van der Waals surface area contributed by atoms with Crippen molar-refractivity contribution in [3.63, 3.8) is 0 Å². The van der Waals surface area contributed by atoms with Crippen molar-refractivity contribution >= 4 is 11.3 Å². The van der Waals surface area contributed by atoms with Crippen molar-refractivity contribution in [3.8, 4) is 0 Å². The maximum Gasteiger partial charge on any atom is 0.0216 e. The highest BCUT2D eigenvalue weighted by Crippen LogP contribution is 2.24. The zero-order valence-corrected chi connectivity index (χ0v) is 8.94. The van der Waals surface area contributed by atoms with Crippen molar-refractivity contribution in [1.29, 1.82) is 0 Å². The summed E-state index contributed by atoms with van der Waals surface area (Å²) in [6, 6.07) is 2.98. The van der Waals surface area contributed by atoms with Crippen molar-refractivity contribution in [2.75, 3.05) is 0 Å². The Morgan fingerprint density at radius 1 is 1.54 bits per heavy atom. The fourth-order valence-corrected chi connectivity index (χ4v) is 2.72. The van der Waals surface area contributed by atoms with E-state index in [4.69, 9.17) is 0 Å². The van der Waals surface area contributed by atoms with Crippen LogP contribution in [-0.4, -0.2) is 6.04 Å². The Morgan fingerprint density at radius 2 is 2.46 bits per heavy atom. The SMILES string of the molecule is CC1CCC(NCc2ccsc2)C1. The van der Waals surface area contributed by atoms with Crippen LogP contribution in [0.5, 0.6) is 0 Å². The monoisotopic (exact) mass is 195 g/mol. The molecule has 1 aromatic heterocycles. The number of hydrogen-bond acceptors (Lipinski definition) is 2. The van der Waals surface area contributed by atoms with E-state index in [1.165, 1.54) is 24.8 Å². The van der Waals surface area contributed by atoms with Crippen LogP contribution in [0, 0.1) is 5.92 Å². The minimum Gasteiger partial charge on any atom is -0.310 e. The molecule has 2 rings (SSSR count). The molecule has 0 radical (unpaired) electrons. The van der Waals surface area contributed by atoms with Gasteiger partial charge in [-0.1, -0.05) is 6.92 Å². The molecule has 13 heavy (non-hydrogen) atoms. The lowest BCUT2D eigenvalue weighted by Gasteiger charge is -2.10. The molecular formula is C11H17NS. The summed E-state index contributed by atoms with van der Waals surface area (Å²) in [5.41, 5.74) is 1.43. The summed E-state index contributed by atoms with van der Waals surface area (Å²) in [7, 11) is 0. The van der Waals surface area contributed by atoms with E-state index in [9.17, 15) is 0 Å². The molecule has 0 spiro atoms. The maximum atomic E-state index is 3.62. The van der Waals surface area contributed by atoms with Crippen LogP contribution >= 0.6 is 11.3 Å². The Kier molecular flexibility index (Phi) is 3.01. The summed E-state index contributed by atoms with van der Waals surface area (Å²) in [5.74, 6) is 0.931. The van der Waals surface area contributed by atoms with Crippen molar-refractivity contribution in [1.82, 2.24) is 5.32 Å². The van der Waals surface area contributed by atoms with Crippen LogP contribution < -0.4 is 5.32 Å². The van der Waals surface area contributed by atoms with Crippen molar-refractivity contribution in [2.45, 2.75) is 38.8 Å². The van der Waals surface area contributed by atoms with Crippen LogP contribution in [0.3, 0.4) is 0 Å². The Bertz CT molecular complexity index is 243. The van der Waals surface area contributed by atoms with E-state index in [0.717, 1.165) is 18.5 Å². The Morgan fingerprint density at radius 3 is 3.08 bits per heavy atom. The summed E-state index contributed by atoms with van der Waals surface area (Å²) in [4.78, 5) is 0. The van der Waals surface area contributed by atoms with Gasteiger partial charge in [0.05, 0.1) is 0 Å². The van der Waals surface area contributed by atoms with Crippen molar-refractivity contribution in [2.24, 2.45) is 5.92 Å². The third-order valence-corrected chi connectivity index (χ3v) is 3.60. The van der Waals surface area contributed by atoms with Gasteiger partial charge in [0, 0.05) is 12.6 Å². The number of hydrogen-bond donors (Lipinski definition) is 1. The molecule has 1 aliphatic rings. The van der Waals surface area contributed by atoms with Gasteiger partial charge >= 0.3 is 0 Å². The lowest BCUT2D eigenvalue weighted by molar-refractivity contribution is 0.503. The molecule has 1 aliphatic carbocycles. The summed E-state index contributed by atoms with van der Waals surface area (Å²) in [5, 5.41) is 8.00. The lowest BCUT2D eigenvalue weighted by atomic mass is 10.1. The molecule has 1 aromatic rings. The predicted molar refractivity (Wildman–Crippen MR) is 58.0 cm³/mol. The number of rotatable bonds is 3. The third-order valence-electron chi connectivity index (χ3n) is 2.87. The number of thiophene rings is 1.